The van der Waals surface area contributed by atoms with Gasteiger partial charge in [-0.25, -0.2) is 4.98 Å². The molecule has 1 aromatic carbocycles. The lowest BCUT2D eigenvalue weighted by atomic mass is 10.2. The summed E-state index contributed by atoms with van der Waals surface area (Å²) in [7, 11) is 1.74. The van der Waals surface area contributed by atoms with Crippen molar-refractivity contribution >= 4 is 5.69 Å². The molecule has 1 N–H and O–H groups in total. The van der Waals surface area contributed by atoms with Gasteiger partial charge in [0.05, 0.1) is 12.0 Å². The van der Waals surface area contributed by atoms with Crippen molar-refractivity contribution in [2.45, 2.75) is 6.54 Å². The van der Waals surface area contributed by atoms with Crippen molar-refractivity contribution in [1.29, 1.82) is 0 Å². The van der Waals surface area contributed by atoms with E-state index in [1.807, 2.05) is 10.8 Å². The summed E-state index contributed by atoms with van der Waals surface area (Å²) in [5, 5.41) is 3.30. The highest BCUT2D eigenvalue weighted by Gasteiger charge is 1.98. The Morgan fingerprint density at radius 2 is 1.95 bits per heavy atom. The first-order valence-electron chi connectivity index (χ1n) is 6.70. The third-order valence-corrected chi connectivity index (χ3v) is 3.32. The van der Waals surface area contributed by atoms with Crippen molar-refractivity contribution in [2.24, 2.45) is 7.05 Å². The molecule has 0 atom stereocenters. The number of nitrogens with one attached hydrogen (secondary N) is 1. The molecule has 0 fully saturated rings. The van der Waals surface area contributed by atoms with Crippen molar-refractivity contribution < 1.29 is 0 Å². The van der Waals surface area contributed by atoms with Crippen LogP contribution in [0.4, 0.5) is 5.69 Å². The average molecular weight is 280 g/mol. The van der Waals surface area contributed by atoms with Crippen LogP contribution in [0.3, 0.4) is 0 Å². The Bertz CT molecular complexity index is 773. The topological polar surface area (TPSA) is 51.9 Å². The normalized spacial score (nSPS) is 10.5. The summed E-state index contributed by atoms with van der Waals surface area (Å²) in [5.74, 6) is 0. The second kappa shape index (κ2) is 5.66. The molecule has 0 unspecified atom stereocenters. The van der Waals surface area contributed by atoms with Crippen LogP contribution in [0.5, 0.6) is 0 Å². The Morgan fingerprint density at radius 1 is 1.14 bits per heavy atom. The predicted molar refractivity (Wildman–Crippen MR) is 82.6 cm³/mol. The fraction of sp³-hybridized carbons (Fsp3) is 0.125. The molecule has 0 saturated carbocycles. The molecule has 0 bridgehead atoms. The molecule has 0 aliphatic heterocycles. The van der Waals surface area contributed by atoms with Gasteiger partial charge in [-0.05, 0) is 23.8 Å². The van der Waals surface area contributed by atoms with Gasteiger partial charge < -0.3 is 14.5 Å². The Morgan fingerprint density at radius 3 is 2.62 bits per heavy atom. The van der Waals surface area contributed by atoms with Gasteiger partial charge in [0, 0.05) is 43.9 Å². The summed E-state index contributed by atoms with van der Waals surface area (Å²) >= 11 is 0. The number of hydrogen-bond acceptors (Lipinski definition) is 3. The molecule has 5 heteroatoms. The lowest BCUT2D eigenvalue weighted by Gasteiger charge is -2.09. The first-order chi connectivity index (χ1) is 10.2. The SMILES string of the molecule is Cn1cc(NCc2ccc(-n3ccnc3)cc2)ccc1=O. The third kappa shape index (κ3) is 3.02. The van der Waals surface area contributed by atoms with E-state index < -0.39 is 0 Å². The van der Waals surface area contributed by atoms with E-state index in [9.17, 15) is 4.79 Å². The van der Waals surface area contributed by atoms with Crippen LogP contribution in [0.2, 0.25) is 0 Å². The molecular weight excluding hydrogens is 264 g/mol. The summed E-state index contributed by atoms with van der Waals surface area (Å²) in [6.07, 6.45) is 7.24. The first-order valence-corrected chi connectivity index (χ1v) is 6.70. The van der Waals surface area contributed by atoms with E-state index in [1.54, 1.807) is 42.5 Å². The molecule has 0 spiro atoms. The number of benzene rings is 1. The average Bonchev–Trinajstić information content (AvgIpc) is 3.03. The fourth-order valence-corrected chi connectivity index (χ4v) is 2.10. The van der Waals surface area contributed by atoms with Gasteiger partial charge in [-0.3, -0.25) is 4.79 Å². The third-order valence-electron chi connectivity index (χ3n) is 3.32. The van der Waals surface area contributed by atoms with Crippen LogP contribution in [-0.4, -0.2) is 14.1 Å². The zero-order valence-corrected chi connectivity index (χ0v) is 11.7. The maximum Gasteiger partial charge on any atom is 0.250 e. The van der Waals surface area contributed by atoms with Gasteiger partial charge in [-0.2, -0.15) is 0 Å². The predicted octanol–water partition coefficient (Wildman–Crippen LogP) is 2.18. The van der Waals surface area contributed by atoms with Crippen molar-refractivity contribution in [3.05, 3.63) is 77.2 Å². The first kappa shape index (κ1) is 13.2. The minimum Gasteiger partial charge on any atom is -0.380 e. The number of imidazole rings is 1. The van der Waals surface area contributed by atoms with Gasteiger partial charge in [-0.1, -0.05) is 12.1 Å². The highest BCUT2D eigenvalue weighted by molar-refractivity contribution is 5.42. The minimum atomic E-state index is -0.00904. The number of nitrogens with zero attached hydrogens (tertiary/aromatic N) is 3. The van der Waals surface area contributed by atoms with E-state index in [1.165, 1.54) is 5.56 Å². The van der Waals surface area contributed by atoms with Crippen LogP contribution in [0, 0.1) is 0 Å². The summed E-state index contributed by atoms with van der Waals surface area (Å²) < 4.78 is 3.52. The number of aromatic nitrogens is 3. The van der Waals surface area contributed by atoms with Crippen molar-refractivity contribution in [2.75, 3.05) is 5.32 Å². The lowest BCUT2D eigenvalue weighted by molar-refractivity contribution is 0.859. The lowest BCUT2D eigenvalue weighted by Crippen LogP contribution is -2.15. The minimum absolute atomic E-state index is 0.00904. The Hall–Kier alpha value is -2.82. The van der Waals surface area contributed by atoms with E-state index in [0.717, 1.165) is 11.4 Å². The second-order valence-corrected chi connectivity index (χ2v) is 4.86. The van der Waals surface area contributed by atoms with Crippen LogP contribution >= 0.6 is 0 Å². The van der Waals surface area contributed by atoms with Crippen molar-refractivity contribution in [1.82, 2.24) is 14.1 Å². The smallest absolute Gasteiger partial charge is 0.250 e. The molecule has 0 aliphatic rings. The fourth-order valence-electron chi connectivity index (χ4n) is 2.10. The van der Waals surface area contributed by atoms with Crippen LogP contribution in [-0.2, 0) is 13.6 Å². The number of pyridine rings is 1. The Balaban J connectivity index is 1.68. The molecule has 0 aliphatic carbocycles. The van der Waals surface area contributed by atoms with E-state index >= 15 is 0 Å². The Labute approximate surface area is 122 Å². The summed E-state index contributed by atoms with van der Waals surface area (Å²) in [6.45, 7) is 0.711. The zero-order chi connectivity index (χ0) is 14.7. The van der Waals surface area contributed by atoms with Gasteiger partial charge in [-0.15, -0.1) is 0 Å². The van der Waals surface area contributed by atoms with Crippen LogP contribution in [0.25, 0.3) is 5.69 Å². The molecule has 5 nitrogen and oxygen atoms in total. The summed E-state index contributed by atoms with van der Waals surface area (Å²) in [5.41, 5.74) is 3.17. The molecular formula is C16H16N4O. The summed E-state index contributed by atoms with van der Waals surface area (Å²) in [6, 6.07) is 11.6. The highest BCUT2D eigenvalue weighted by atomic mass is 16.1. The van der Waals surface area contributed by atoms with E-state index in [4.69, 9.17) is 0 Å². The van der Waals surface area contributed by atoms with Gasteiger partial charge >= 0.3 is 0 Å². The van der Waals surface area contributed by atoms with E-state index in [2.05, 4.69) is 34.6 Å². The molecule has 0 amide bonds. The molecule has 0 radical (unpaired) electrons. The van der Waals surface area contributed by atoms with Gasteiger partial charge in [0.2, 0.25) is 5.56 Å². The monoisotopic (exact) mass is 280 g/mol. The molecule has 21 heavy (non-hydrogen) atoms. The number of anilines is 1. The number of rotatable bonds is 4. The molecule has 3 rings (SSSR count). The number of hydrogen-bond donors (Lipinski definition) is 1. The maximum absolute atomic E-state index is 11.3. The van der Waals surface area contributed by atoms with E-state index in [0.29, 0.717) is 6.54 Å². The molecule has 2 heterocycles. The Kier molecular flexibility index (Phi) is 3.55. The maximum atomic E-state index is 11.3. The van der Waals surface area contributed by atoms with Crippen LogP contribution in [0.15, 0.2) is 66.1 Å². The largest absolute Gasteiger partial charge is 0.380 e. The van der Waals surface area contributed by atoms with Crippen LogP contribution < -0.4 is 10.9 Å². The van der Waals surface area contributed by atoms with E-state index in [-0.39, 0.29) is 5.56 Å². The van der Waals surface area contributed by atoms with Crippen molar-refractivity contribution in [3.8, 4) is 5.69 Å². The highest BCUT2D eigenvalue weighted by Crippen LogP contribution is 2.11. The zero-order valence-electron chi connectivity index (χ0n) is 11.7. The molecule has 106 valence electrons. The molecule has 3 aromatic rings. The second-order valence-electron chi connectivity index (χ2n) is 4.86. The standard InChI is InChI=1S/C16H16N4O/c1-19-11-14(4-7-16(19)21)18-10-13-2-5-15(6-3-13)20-9-8-17-12-20/h2-9,11-12,18H,10H2,1H3. The van der Waals surface area contributed by atoms with Gasteiger partial charge in [0.1, 0.15) is 0 Å². The quantitative estimate of drug-likeness (QED) is 0.797. The molecule has 0 saturated heterocycles. The molecule has 2 aromatic heterocycles. The number of aryl methyl sites for hydroxylation is 1. The van der Waals surface area contributed by atoms with Gasteiger partial charge in [0.25, 0.3) is 0 Å². The van der Waals surface area contributed by atoms with Crippen molar-refractivity contribution in [3.63, 3.8) is 0 Å². The van der Waals surface area contributed by atoms with Gasteiger partial charge in [0.15, 0.2) is 0 Å². The van der Waals surface area contributed by atoms with Crippen LogP contribution in [0.1, 0.15) is 5.56 Å². The summed E-state index contributed by atoms with van der Waals surface area (Å²) in [4.78, 5) is 15.4.